The number of nitrogens with one attached hydrogen (secondary N) is 1. The molecule has 1 aromatic rings. The summed E-state index contributed by atoms with van der Waals surface area (Å²) in [5, 5.41) is 3.21. The molecular weight excluding hydrogens is 317 g/mol. The van der Waals surface area contributed by atoms with Gasteiger partial charge in [-0.1, -0.05) is 31.4 Å². The molecule has 1 N–H and O–H groups in total. The number of amides is 2. The lowest BCUT2D eigenvalue weighted by Crippen LogP contribution is -2.53. The quantitative estimate of drug-likeness (QED) is 0.886. The van der Waals surface area contributed by atoms with E-state index in [1.165, 1.54) is 25.3 Å². The Hall–Kier alpha value is -1.62. The van der Waals surface area contributed by atoms with Gasteiger partial charge >= 0.3 is 6.03 Å². The van der Waals surface area contributed by atoms with Crippen molar-refractivity contribution in [1.29, 1.82) is 0 Å². The Morgan fingerprint density at radius 1 is 1.12 bits per heavy atom. The standard InChI is InChI=1S/C20H30FN3O/c21-18-8-4-6-17(16-18)7-5-11-23-12-14-24(15-13-23)20(25)22-19-9-2-1-3-10-19/h4,6,8,16,19H,1-3,5,7,9-15H2,(H,22,25). The molecule has 1 aromatic carbocycles. The fraction of sp³-hybridized carbons (Fsp3) is 0.650. The number of halogens is 1. The Morgan fingerprint density at radius 2 is 1.88 bits per heavy atom. The first-order valence-corrected chi connectivity index (χ1v) is 9.73. The maximum absolute atomic E-state index is 13.2. The number of rotatable bonds is 5. The van der Waals surface area contributed by atoms with Crippen molar-refractivity contribution >= 4 is 6.03 Å². The third kappa shape index (κ3) is 5.70. The Morgan fingerprint density at radius 3 is 2.60 bits per heavy atom. The molecule has 0 radical (unpaired) electrons. The zero-order chi connectivity index (χ0) is 17.5. The molecule has 1 aliphatic heterocycles. The van der Waals surface area contributed by atoms with Gasteiger partial charge in [-0.25, -0.2) is 9.18 Å². The van der Waals surface area contributed by atoms with Crippen LogP contribution in [0.15, 0.2) is 24.3 Å². The van der Waals surface area contributed by atoms with Gasteiger partial charge in [-0.3, -0.25) is 4.90 Å². The minimum absolute atomic E-state index is 0.117. The Balaban J connectivity index is 1.33. The van der Waals surface area contributed by atoms with Gasteiger partial charge in [0.05, 0.1) is 0 Å². The normalized spacial score (nSPS) is 19.8. The minimum Gasteiger partial charge on any atom is -0.335 e. The van der Waals surface area contributed by atoms with Crippen LogP contribution < -0.4 is 5.32 Å². The van der Waals surface area contributed by atoms with Crippen molar-refractivity contribution in [3.63, 3.8) is 0 Å². The molecule has 0 spiro atoms. The molecule has 138 valence electrons. The van der Waals surface area contributed by atoms with Gasteiger partial charge in [0.25, 0.3) is 0 Å². The van der Waals surface area contributed by atoms with E-state index in [-0.39, 0.29) is 11.8 Å². The van der Waals surface area contributed by atoms with Crippen LogP contribution in [0.25, 0.3) is 0 Å². The topological polar surface area (TPSA) is 35.6 Å². The lowest BCUT2D eigenvalue weighted by Gasteiger charge is -2.36. The molecule has 4 nitrogen and oxygen atoms in total. The Bertz CT molecular complexity index is 552. The van der Waals surface area contributed by atoms with Gasteiger partial charge in [0, 0.05) is 32.2 Å². The van der Waals surface area contributed by atoms with Crippen LogP contribution in [-0.4, -0.2) is 54.6 Å². The number of hydrogen-bond acceptors (Lipinski definition) is 2. The summed E-state index contributed by atoms with van der Waals surface area (Å²) in [6.07, 6.45) is 7.98. The smallest absolute Gasteiger partial charge is 0.317 e. The average Bonchev–Trinajstić information content (AvgIpc) is 2.63. The number of benzene rings is 1. The van der Waals surface area contributed by atoms with E-state index >= 15 is 0 Å². The predicted octanol–water partition coefficient (Wildman–Crippen LogP) is 3.42. The predicted molar refractivity (Wildman–Crippen MR) is 98.1 cm³/mol. The third-order valence-electron chi connectivity index (χ3n) is 5.42. The van der Waals surface area contributed by atoms with Gasteiger partial charge in [-0.15, -0.1) is 0 Å². The van der Waals surface area contributed by atoms with Gasteiger partial charge < -0.3 is 10.2 Å². The fourth-order valence-electron chi connectivity index (χ4n) is 3.89. The van der Waals surface area contributed by atoms with Crippen LogP contribution in [0.4, 0.5) is 9.18 Å². The number of urea groups is 1. The van der Waals surface area contributed by atoms with Crippen LogP contribution in [0, 0.1) is 5.82 Å². The summed E-state index contributed by atoms with van der Waals surface area (Å²) in [4.78, 5) is 16.7. The van der Waals surface area contributed by atoms with E-state index in [9.17, 15) is 9.18 Å². The summed E-state index contributed by atoms with van der Waals surface area (Å²) in [7, 11) is 0. The van der Waals surface area contributed by atoms with Crippen molar-refractivity contribution in [3.8, 4) is 0 Å². The summed E-state index contributed by atoms with van der Waals surface area (Å²) in [6, 6.07) is 7.36. The highest BCUT2D eigenvalue weighted by Gasteiger charge is 2.23. The molecular formula is C20H30FN3O. The molecule has 0 unspecified atom stereocenters. The molecule has 1 saturated heterocycles. The molecule has 2 aliphatic rings. The summed E-state index contributed by atoms with van der Waals surface area (Å²) in [5.41, 5.74) is 1.06. The van der Waals surface area contributed by atoms with Crippen molar-refractivity contribution in [2.24, 2.45) is 0 Å². The van der Waals surface area contributed by atoms with Gasteiger partial charge in [-0.2, -0.15) is 0 Å². The summed E-state index contributed by atoms with van der Waals surface area (Å²) < 4.78 is 13.2. The van der Waals surface area contributed by atoms with Crippen molar-refractivity contribution < 1.29 is 9.18 Å². The maximum Gasteiger partial charge on any atom is 0.317 e. The molecule has 2 amide bonds. The van der Waals surface area contributed by atoms with Crippen molar-refractivity contribution in [3.05, 3.63) is 35.6 Å². The Kier molecular flexibility index (Phi) is 6.68. The molecule has 1 saturated carbocycles. The Labute approximate surface area is 150 Å². The first-order valence-electron chi connectivity index (χ1n) is 9.73. The summed E-state index contributed by atoms with van der Waals surface area (Å²) in [6.45, 7) is 4.48. The second-order valence-electron chi connectivity index (χ2n) is 7.35. The van der Waals surface area contributed by atoms with Crippen LogP contribution >= 0.6 is 0 Å². The highest BCUT2D eigenvalue weighted by Crippen LogP contribution is 2.18. The molecule has 2 fully saturated rings. The zero-order valence-electron chi connectivity index (χ0n) is 15.1. The van der Waals surface area contributed by atoms with Crippen LogP contribution in [0.5, 0.6) is 0 Å². The number of carbonyl (C=O) groups excluding carboxylic acids is 1. The van der Waals surface area contributed by atoms with Gasteiger partial charge in [0.15, 0.2) is 0 Å². The second-order valence-corrected chi connectivity index (χ2v) is 7.35. The summed E-state index contributed by atoms with van der Waals surface area (Å²) >= 11 is 0. The minimum atomic E-state index is -0.157. The number of piperazine rings is 1. The van der Waals surface area contributed by atoms with Gasteiger partial charge in [0.2, 0.25) is 0 Å². The zero-order valence-corrected chi connectivity index (χ0v) is 15.1. The van der Waals surface area contributed by atoms with Crippen LogP contribution in [0.3, 0.4) is 0 Å². The molecule has 0 aromatic heterocycles. The van der Waals surface area contributed by atoms with E-state index in [0.717, 1.165) is 64.0 Å². The van der Waals surface area contributed by atoms with E-state index in [1.807, 2.05) is 11.0 Å². The first kappa shape index (κ1) is 18.2. The van der Waals surface area contributed by atoms with E-state index in [0.29, 0.717) is 6.04 Å². The van der Waals surface area contributed by atoms with E-state index in [2.05, 4.69) is 10.2 Å². The number of carbonyl (C=O) groups is 1. The third-order valence-corrected chi connectivity index (χ3v) is 5.42. The SMILES string of the molecule is O=C(NC1CCCCC1)N1CCN(CCCc2cccc(F)c2)CC1. The van der Waals surface area contributed by atoms with E-state index in [1.54, 1.807) is 12.1 Å². The maximum atomic E-state index is 13.2. The average molecular weight is 347 g/mol. The number of aryl methyl sites for hydroxylation is 1. The van der Waals surface area contributed by atoms with Gasteiger partial charge in [0.1, 0.15) is 5.82 Å². The monoisotopic (exact) mass is 347 g/mol. The van der Waals surface area contributed by atoms with E-state index in [4.69, 9.17) is 0 Å². The number of hydrogen-bond donors (Lipinski definition) is 1. The number of nitrogens with zero attached hydrogens (tertiary/aromatic N) is 2. The van der Waals surface area contributed by atoms with Crippen molar-refractivity contribution in [2.75, 3.05) is 32.7 Å². The molecule has 1 heterocycles. The van der Waals surface area contributed by atoms with Crippen molar-refractivity contribution in [2.45, 2.75) is 51.0 Å². The fourth-order valence-corrected chi connectivity index (χ4v) is 3.89. The van der Waals surface area contributed by atoms with Crippen LogP contribution in [0.2, 0.25) is 0 Å². The second kappa shape index (κ2) is 9.18. The molecule has 5 heteroatoms. The lowest BCUT2D eigenvalue weighted by molar-refractivity contribution is 0.135. The van der Waals surface area contributed by atoms with E-state index < -0.39 is 0 Å². The molecule has 1 aliphatic carbocycles. The lowest BCUT2D eigenvalue weighted by atomic mass is 9.96. The van der Waals surface area contributed by atoms with Gasteiger partial charge in [-0.05, 0) is 49.9 Å². The molecule has 3 rings (SSSR count). The highest BCUT2D eigenvalue weighted by molar-refractivity contribution is 5.74. The highest BCUT2D eigenvalue weighted by atomic mass is 19.1. The van der Waals surface area contributed by atoms with Crippen LogP contribution in [0.1, 0.15) is 44.1 Å². The van der Waals surface area contributed by atoms with Crippen LogP contribution in [-0.2, 0) is 6.42 Å². The molecule has 0 bridgehead atoms. The largest absolute Gasteiger partial charge is 0.335 e. The molecule has 25 heavy (non-hydrogen) atoms. The molecule has 0 atom stereocenters. The van der Waals surface area contributed by atoms with Crippen molar-refractivity contribution in [1.82, 2.24) is 15.1 Å². The summed E-state index contributed by atoms with van der Waals surface area (Å²) in [5.74, 6) is -0.157. The first-order chi connectivity index (χ1) is 12.2.